The lowest BCUT2D eigenvalue weighted by Gasteiger charge is -2.21. The summed E-state index contributed by atoms with van der Waals surface area (Å²) in [6.07, 6.45) is 39.2. The van der Waals surface area contributed by atoms with Crippen LogP contribution in [0.25, 0.3) is 0 Å². The molecule has 0 rings (SSSR count). The van der Waals surface area contributed by atoms with Gasteiger partial charge >= 0.3 is 7.82 Å². The Hall–Kier alpha value is -1.28. The first-order valence-electron chi connectivity index (χ1n) is 22.9. The molecule has 0 bridgehead atoms. The number of phosphoric acid groups is 1. The second-order valence-corrected chi connectivity index (χ2v) is 17.3. The number of hydrogen-bond donors (Lipinski definition) is 3. The fraction of sp³-hybridized carbons (Fsp3) is 0.932. The van der Waals surface area contributed by atoms with E-state index in [1.54, 1.807) is 0 Å². The van der Waals surface area contributed by atoms with Crippen molar-refractivity contribution in [3.63, 3.8) is 0 Å². The second-order valence-electron chi connectivity index (χ2n) is 15.9. The lowest BCUT2D eigenvalue weighted by Crippen LogP contribution is -2.46. The largest absolute Gasteiger partial charge is 0.472 e. The topological polar surface area (TPSA) is 131 Å². The predicted octanol–water partition coefficient (Wildman–Crippen LogP) is 12.6. The molecule has 0 saturated heterocycles. The van der Waals surface area contributed by atoms with E-state index in [1.165, 1.54) is 161 Å². The summed E-state index contributed by atoms with van der Waals surface area (Å²) in [6, 6.07) is -0.667. The highest BCUT2D eigenvalue weighted by Crippen LogP contribution is 2.43. The van der Waals surface area contributed by atoms with Crippen molar-refractivity contribution in [3.8, 4) is 0 Å². The van der Waals surface area contributed by atoms with E-state index >= 15 is 0 Å². The number of Topliss-reactive ketones (excluding diaryl/α,β-unsaturated/α-hetero) is 1. The first-order valence-corrected chi connectivity index (χ1v) is 24.4. The van der Waals surface area contributed by atoms with Crippen molar-refractivity contribution >= 4 is 25.4 Å². The van der Waals surface area contributed by atoms with Gasteiger partial charge in [0.15, 0.2) is 0 Å². The third-order valence-corrected chi connectivity index (χ3v) is 11.3. The van der Waals surface area contributed by atoms with Gasteiger partial charge in [-0.3, -0.25) is 18.6 Å². The van der Waals surface area contributed by atoms with E-state index in [2.05, 4.69) is 24.5 Å². The molecule has 0 aromatic rings. The van der Waals surface area contributed by atoms with Crippen LogP contribution in [0.4, 0.5) is 0 Å². The number of rotatable bonds is 43. The molecule has 0 aromatic carbocycles. The fourth-order valence-electron chi connectivity index (χ4n) is 6.81. The van der Waals surface area contributed by atoms with Crippen molar-refractivity contribution in [2.24, 2.45) is 0 Å². The van der Waals surface area contributed by atoms with Crippen LogP contribution in [0.2, 0.25) is 0 Å². The Labute approximate surface area is 333 Å². The molecule has 0 saturated carbocycles. The molecule has 0 radical (unpaired) electrons. The van der Waals surface area contributed by atoms with Crippen molar-refractivity contribution in [1.82, 2.24) is 10.6 Å². The van der Waals surface area contributed by atoms with Crippen molar-refractivity contribution in [2.75, 3.05) is 19.8 Å². The average Bonchev–Trinajstić information content (AvgIpc) is 3.14. The zero-order valence-corrected chi connectivity index (χ0v) is 36.5. The van der Waals surface area contributed by atoms with Gasteiger partial charge in [0.25, 0.3) is 0 Å². The van der Waals surface area contributed by atoms with Crippen molar-refractivity contribution in [2.45, 2.75) is 245 Å². The zero-order chi connectivity index (χ0) is 39.8. The maximum Gasteiger partial charge on any atom is 0.472 e. The van der Waals surface area contributed by atoms with Gasteiger partial charge in [-0.05, 0) is 26.2 Å². The number of nitrogens with one attached hydrogen (secondary N) is 2. The molecule has 2 atom stereocenters. The molecule has 0 aromatic heterocycles. The standard InChI is InChI=1S/C44H87N2O7P/c1-4-6-8-10-12-14-16-18-20-22-24-26-28-30-32-36-43(48)45-39-42(40-53-54(50,51)52-38-34-35-41(3)47)46-44(49)37-33-31-29-27-25-23-21-19-17-15-13-11-9-7-5-2/h42H,4-40H2,1-3H3,(H,45,48)(H,46,49)(H,50,51)/t42-/m1/s1. The molecule has 0 aliphatic heterocycles. The van der Waals surface area contributed by atoms with E-state index < -0.39 is 13.9 Å². The molecule has 10 heteroatoms. The van der Waals surface area contributed by atoms with Gasteiger partial charge in [0.05, 0.1) is 19.3 Å². The highest BCUT2D eigenvalue weighted by Gasteiger charge is 2.24. The minimum atomic E-state index is -4.37. The summed E-state index contributed by atoms with van der Waals surface area (Å²) in [5.41, 5.74) is 0. The van der Waals surface area contributed by atoms with Gasteiger partial charge < -0.3 is 20.3 Å². The van der Waals surface area contributed by atoms with Gasteiger partial charge in [0, 0.05) is 25.8 Å². The Morgan fingerprint density at radius 2 is 0.852 bits per heavy atom. The van der Waals surface area contributed by atoms with Gasteiger partial charge in [-0.25, -0.2) is 4.57 Å². The van der Waals surface area contributed by atoms with E-state index in [1.807, 2.05) is 0 Å². The van der Waals surface area contributed by atoms with Crippen LogP contribution in [0.5, 0.6) is 0 Å². The number of unbranched alkanes of at least 4 members (excludes halogenated alkanes) is 28. The van der Waals surface area contributed by atoms with Gasteiger partial charge in [-0.1, -0.05) is 194 Å². The summed E-state index contributed by atoms with van der Waals surface area (Å²) >= 11 is 0. The molecule has 2 amide bonds. The molecular formula is C44H87N2O7P. The number of carbonyl (C=O) groups is 3. The first-order chi connectivity index (χ1) is 26.2. The van der Waals surface area contributed by atoms with Crippen LogP contribution in [0.1, 0.15) is 239 Å². The molecule has 9 nitrogen and oxygen atoms in total. The van der Waals surface area contributed by atoms with E-state index in [-0.39, 0.29) is 43.8 Å². The smallest absolute Gasteiger partial charge is 0.354 e. The Morgan fingerprint density at radius 1 is 0.500 bits per heavy atom. The van der Waals surface area contributed by atoms with Crippen LogP contribution in [0.3, 0.4) is 0 Å². The van der Waals surface area contributed by atoms with Crippen molar-refractivity contribution < 1.29 is 32.9 Å². The highest BCUT2D eigenvalue weighted by atomic mass is 31.2. The summed E-state index contributed by atoms with van der Waals surface area (Å²) < 4.78 is 22.6. The van der Waals surface area contributed by atoms with E-state index in [9.17, 15) is 23.8 Å². The van der Waals surface area contributed by atoms with Crippen LogP contribution in [0, 0.1) is 0 Å². The summed E-state index contributed by atoms with van der Waals surface area (Å²) in [5, 5.41) is 5.77. The summed E-state index contributed by atoms with van der Waals surface area (Å²) in [6.45, 7) is 5.72. The van der Waals surface area contributed by atoms with Gasteiger partial charge in [0.2, 0.25) is 11.8 Å². The SMILES string of the molecule is CCCCCCCCCCCCCCCCCC(=O)NC[C@H](COP(=O)(O)OCCCC(C)=O)NC(=O)CCCCCCCCCCCCCCCCC. The van der Waals surface area contributed by atoms with E-state index in [4.69, 9.17) is 9.05 Å². The fourth-order valence-corrected chi connectivity index (χ4v) is 7.62. The van der Waals surface area contributed by atoms with Crippen molar-refractivity contribution in [3.05, 3.63) is 0 Å². The summed E-state index contributed by atoms with van der Waals surface area (Å²) in [5.74, 6) is -0.284. The van der Waals surface area contributed by atoms with E-state index in [0.717, 1.165) is 38.5 Å². The van der Waals surface area contributed by atoms with Gasteiger partial charge in [0.1, 0.15) is 5.78 Å². The molecular weight excluding hydrogens is 699 g/mol. The number of ketones is 1. The quantitative estimate of drug-likeness (QED) is 0.0414. The van der Waals surface area contributed by atoms with Gasteiger partial charge in [-0.2, -0.15) is 0 Å². The minimum Gasteiger partial charge on any atom is -0.354 e. The molecule has 54 heavy (non-hydrogen) atoms. The maximum absolute atomic E-state index is 12.8. The molecule has 3 N–H and O–H groups in total. The monoisotopic (exact) mass is 787 g/mol. The lowest BCUT2D eigenvalue weighted by atomic mass is 10.0. The number of amides is 2. The Balaban J connectivity index is 4.28. The van der Waals surface area contributed by atoms with Crippen LogP contribution in [0.15, 0.2) is 0 Å². The van der Waals surface area contributed by atoms with Crippen molar-refractivity contribution in [1.29, 1.82) is 0 Å². The van der Waals surface area contributed by atoms with Crippen LogP contribution < -0.4 is 10.6 Å². The maximum atomic E-state index is 12.8. The Morgan fingerprint density at radius 3 is 1.22 bits per heavy atom. The van der Waals surface area contributed by atoms with E-state index in [0.29, 0.717) is 19.3 Å². The Bertz CT molecular complexity index is 919. The summed E-state index contributed by atoms with van der Waals surface area (Å²) in [7, 11) is -4.37. The summed E-state index contributed by atoms with van der Waals surface area (Å²) in [4.78, 5) is 46.7. The van der Waals surface area contributed by atoms with Crippen LogP contribution >= 0.6 is 7.82 Å². The minimum absolute atomic E-state index is 0.0239. The molecule has 0 aliphatic carbocycles. The molecule has 0 aliphatic rings. The average molecular weight is 787 g/mol. The Kier molecular flexibility index (Phi) is 39.0. The molecule has 0 spiro atoms. The zero-order valence-electron chi connectivity index (χ0n) is 35.6. The highest BCUT2D eigenvalue weighted by molar-refractivity contribution is 7.47. The normalized spacial score (nSPS) is 13.1. The number of hydrogen-bond acceptors (Lipinski definition) is 6. The lowest BCUT2D eigenvalue weighted by molar-refractivity contribution is -0.124. The first kappa shape index (κ1) is 52.7. The second kappa shape index (κ2) is 39.9. The molecule has 0 fully saturated rings. The van der Waals surface area contributed by atoms with Crippen LogP contribution in [-0.2, 0) is 28.0 Å². The number of phosphoric ester groups is 1. The molecule has 0 heterocycles. The third kappa shape index (κ3) is 40.4. The third-order valence-electron chi connectivity index (χ3n) is 10.3. The predicted molar refractivity (Wildman–Crippen MR) is 226 cm³/mol. The number of carbonyl (C=O) groups excluding carboxylic acids is 3. The molecule has 320 valence electrons. The molecule has 1 unspecified atom stereocenters. The van der Waals surface area contributed by atoms with Gasteiger partial charge in [-0.15, -0.1) is 0 Å². The van der Waals surface area contributed by atoms with Crippen LogP contribution in [-0.4, -0.2) is 48.3 Å².